The average Bonchev–Trinajstić information content (AvgIpc) is 2.72. The van der Waals surface area contributed by atoms with Crippen molar-refractivity contribution in [1.29, 1.82) is 0 Å². The van der Waals surface area contributed by atoms with Crippen LogP contribution < -0.4 is 0 Å². The molecule has 0 aromatic rings. The maximum Gasteiger partial charge on any atom is 0.0385 e. The van der Waals surface area contributed by atoms with Gasteiger partial charge in [-0.3, -0.25) is 0 Å². The maximum absolute atomic E-state index is 8.01. The second kappa shape index (κ2) is 4.21. The molecule has 4 nitrogen and oxygen atoms in total. The Morgan fingerprint density at radius 1 is 1.64 bits per heavy atom. The molecule has 0 saturated heterocycles. The van der Waals surface area contributed by atoms with Gasteiger partial charge in [-0.05, 0) is 31.3 Å². The standard InChI is InChI=1S/C7H14N4/c1-11(5-4-9-10-8)6-7-2-3-7/h7H,2-6H2,1H3. The third-order valence-corrected chi connectivity index (χ3v) is 1.91. The molecule has 1 aliphatic rings. The van der Waals surface area contributed by atoms with Gasteiger partial charge >= 0.3 is 0 Å². The molecule has 0 heterocycles. The van der Waals surface area contributed by atoms with Gasteiger partial charge < -0.3 is 4.90 Å². The molecule has 62 valence electrons. The molecular formula is C7H14N4. The molecule has 0 aromatic carbocycles. The summed E-state index contributed by atoms with van der Waals surface area (Å²) >= 11 is 0. The molecule has 0 radical (unpaired) electrons. The summed E-state index contributed by atoms with van der Waals surface area (Å²) in [4.78, 5) is 4.93. The minimum atomic E-state index is 0.597. The molecule has 1 fully saturated rings. The fourth-order valence-corrected chi connectivity index (χ4v) is 1.09. The second-order valence-electron chi connectivity index (χ2n) is 3.16. The van der Waals surface area contributed by atoms with E-state index in [1.165, 1.54) is 19.4 Å². The largest absolute Gasteiger partial charge is 0.306 e. The Labute approximate surface area is 66.8 Å². The number of azide groups is 1. The first-order valence-electron chi connectivity index (χ1n) is 4.02. The number of nitrogens with zero attached hydrogens (tertiary/aromatic N) is 4. The summed E-state index contributed by atoms with van der Waals surface area (Å²) in [6, 6.07) is 0. The summed E-state index contributed by atoms with van der Waals surface area (Å²) in [7, 11) is 2.07. The molecule has 0 aromatic heterocycles. The monoisotopic (exact) mass is 154 g/mol. The van der Waals surface area contributed by atoms with E-state index in [1.807, 2.05) is 0 Å². The summed E-state index contributed by atoms with van der Waals surface area (Å²) in [6.07, 6.45) is 2.76. The maximum atomic E-state index is 8.01. The molecule has 0 atom stereocenters. The zero-order chi connectivity index (χ0) is 8.10. The van der Waals surface area contributed by atoms with Crippen LogP contribution in [0.4, 0.5) is 0 Å². The molecule has 1 saturated carbocycles. The predicted molar refractivity (Wildman–Crippen MR) is 44.2 cm³/mol. The van der Waals surface area contributed by atoms with Gasteiger partial charge in [0.1, 0.15) is 0 Å². The lowest BCUT2D eigenvalue weighted by atomic mass is 10.4. The molecule has 1 rings (SSSR count). The van der Waals surface area contributed by atoms with Gasteiger partial charge in [-0.15, -0.1) is 0 Å². The van der Waals surface area contributed by atoms with Crippen LogP contribution in [0, 0.1) is 5.92 Å². The van der Waals surface area contributed by atoms with Crippen LogP contribution in [0.5, 0.6) is 0 Å². The summed E-state index contributed by atoms with van der Waals surface area (Å²) < 4.78 is 0. The molecule has 4 heteroatoms. The molecule has 0 amide bonds. The van der Waals surface area contributed by atoms with Crippen LogP contribution in [0.3, 0.4) is 0 Å². The number of hydrogen-bond acceptors (Lipinski definition) is 2. The third kappa shape index (κ3) is 3.86. The van der Waals surface area contributed by atoms with Crippen molar-refractivity contribution in [2.24, 2.45) is 11.0 Å². The highest BCUT2D eigenvalue weighted by molar-refractivity contribution is 4.76. The molecule has 0 aliphatic heterocycles. The van der Waals surface area contributed by atoms with E-state index in [2.05, 4.69) is 22.0 Å². The summed E-state index contributed by atoms with van der Waals surface area (Å²) in [5.41, 5.74) is 8.01. The van der Waals surface area contributed by atoms with Crippen molar-refractivity contribution in [3.63, 3.8) is 0 Å². The van der Waals surface area contributed by atoms with E-state index in [1.54, 1.807) is 0 Å². The average molecular weight is 154 g/mol. The van der Waals surface area contributed by atoms with Gasteiger partial charge in [-0.1, -0.05) is 5.11 Å². The van der Waals surface area contributed by atoms with Gasteiger partial charge in [-0.25, -0.2) is 0 Å². The van der Waals surface area contributed by atoms with E-state index in [0.29, 0.717) is 6.54 Å². The van der Waals surface area contributed by atoms with E-state index in [4.69, 9.17) is 5.53 Å². The van der Waals surface area contributed by atoms with Gasteiger partial charge in [0, 0.05) is 24.5 Å². The van der Waals surface area contributed by atoms with Crippen LogP contribution in [-0.4, -0.2) is 31.6 Å². The Morgan fingerprint density at radius 3 is 2.91 bits per heavy atom. The highest BCUT2D eigenvalue weighted by atomic mass is 15.2. The van der Waals surface area contributed by atoms with E-state index in [9.17, 15) is 0 Å². The Bertz CT molecular complexity index is 158. The van der Waals surface area contributed by atoms with E-state index in [-0.39, 0.29) is 0 Å². The summed E-state index contributed by atoms with van der Waals surface area (Å²) in [5.74, 6) is 0.922. The lowest BCUT2D eigenvalue weighted by molar-refractivity contribution is 0.329. The van der Waals surface area contributed by atoms with Gasteiger partial charge in [0.2, 0.25) is 0 Å². The number of hydrogen-bond donors (Lipinski definition) is 0. The summed E-state index contributed by atoms with van der Waals surface area (Å²) in [6.45, 7) is 2.65. The Hall–Kier alpha value is -0.730. The quantitative estimate of drug-likeness (QED) is 0.337. The minimum absolute atomic E-state index is 0.597. The van der Waals surface area contributed by atoms with Crippen LogP contribution in [-0.2, 0) is 0 Å². The molecule has 0 spiro atoms. The van der Waals surface area contributed by atoms with Crippen molar-refractivity contribution in [3.8, 4) is 0 Å². The third-order valence-electron chi connectivity index (χ3n) is 1.91. The van der Waals surface area contributed by atoms with Crippen molar-refractivity contribution in [2.45, 2.75) is 12.8 Å². The topological polar surface area (TPSA) is 52.0 Å². The van der Waals surface area contributed by atoms with Crippen molar-refractivity contribution in [3.05, 3.63) is 10.4 Å². The summed E-state index contributed by atoms with van der Waals surface area (Å²) in [5, 5.41) is 3.48. The first-order chi connectivity index (χ1) is 5.33. The van der Waals surface area contributed by atoms with Crippen LogP contribution in [0.15, 0.2) is 5.11 Å². The highest BCUT2D eigenvalue weighted by Crippen LogP contribution is 2.29. The fourth-order valence-electron chi connectivity index (χ4n) is 1.09. The van der Waals surface area contributed by atoms with Crippen molar-refractivity contribution < 1.29 is 0 Å². The van der Waals surface area contributed by atoms with Gasteiger partial charge in [0.15, 0.2) is 0 Å². The van der Waals surface area contributed by atoms with Crippen LogP contribution in [0.25, 0.3) is 10.4 Å². The van der Waals surface area contributed by atoms with Crippen molar-refractivity contribution in [1.82, 2.24) is 4.90 Å². The highest BCUT2D eigenvalue weighted by Gasteiger charge is 2.22. The van der Waals surface area contributed by atoms with Crippen molar-refractivity contribution in [2.75, 3.05) is 26.7 Å². The molecule has 0 N–H and O–H groups in total. The van der Waals surface area contributed by atoms with E-state index in [0.717, 1.165) is 12.5 Å². The minimum Gasteiger partial charge on any atom is -0.306 e. The molecular weight excluding hydrogens is 140 g/mol. The SMILES string of the molecule is CN(CCN=[N+]=[N-])CC1CC1. The van der Waals surface area contributed by atoms with Crippen LogP contribution in [0.1, 0.15) is 12.8 Å². The second-order valence-corrected chi connectivity index (χ2v) is 3.16. The van der Waals surface area contributed by atoms with E-state index < -0.39 is 0 Å². The van der Waals surface area contributed by atoms with Gasteiger partial charge in [0.25, 0.3) is 0 Å². The Kier molecular flexibility index (Phi) is 3.20. The molecule has 0 unspecified atom stereocenters. The van der Waals surface area contributed by atoms with Gasteiger partial charge in [0.05, 0.1) is 0 Å². The lowest BCUT2D eigenvalue weighted by Gasteiger charge is -2.13. The van der Waals surface area contributed by atoms with Crippen LogP contribution in [0.2, 0.25) is 0 Å². The van der Waals surface area contributed by atoms with E-state index >= 15 is 0 Å². The predicted octanol–water partition coefficient (Wildman–Crippen LogP) is 1.64. The zero-order valence-electron chi connectivity index (χ0n) is 6.90. The first kappa shape index (κ1) is 8.37. The van der Waals surface area contributed by atoms with Gasteiger partial charge in [-0.2, -0.15) is 0 Å². The molecule has 0 bridgehead atoms. The number of likely N-dealkylation sites (N-methyl/N-ethyl adjacent to an activating group) is 1. The first-order valence-corrected chi connectivity index (χ1v) is 4.02. The fraction of sp³-hybridized carbons (Fsp3) is 1.00. The number of rotatable bonds is 5. The Morgan fingerprint density at radius 2 is 2.36 bits per heavy atom. The Balaban J connectivity index is 1.99. The van der Waals surface area contributed by atoms with Crippen molar-refractivity contribution >= 4 is 0 Å². The smallest absolute Gasteiger partial charge is 0.0385 e. The lowest BCUT2D eigenvalue weighted by Crippen LogP contribution is -2.23. The molecule has 1 aliphatic carbocycles. The van der Waals surface area contributed by atoms with Crippen LogP contribution >= 0.6 is 0 Å². The molecule has 11 heavy (non-hydrogen) atoms. The zero-order valence-corrected chi connectivity index (χ0v) is 6.90. The normalized spacial score (nSPS) is 16.5.